The third kappa shape index (κ3) is 4.16. The summed E-state index contributed by atoms with van der Waals surface area (Å²) in [7, 11) is 1.32. The van der Waals surface area contributed by atoms with Crippen LogP contribution in [0.25, 0.3) is 0 Å². The molecule has 7 heteroatoms. The van der Waals surface area contributed by atoms with Gasteiger partial charge in [-0.05, 0) is 12.3 Å². The van der Waals surface area contributed by atoms with Crippen molar-refractivity contribution in [3.8, 4) is 0 Å². The maximum absolute atomic E-state index is 12.1. The van der Waals surface area contributed by atoms with E-state index in [1.54, 1.807) is 0 Å². The van der Waals surface area contributed by atoms with Crippen molar-refractivity contribution in [3.05, 3.63) is 0 Å². The van der Waals surface area contributed by atoms with Crippen LogP contribution in [-0.2, 0) is 4.79 Å². The predicted molar refractivity (Wildman–Crippen MR) is 56.0 cm³/mol. The number of alkyl halides is 2. The second-order valence-electron chi connectivity index (χ2n) is 4.25. The normalized spacial score (nSPS) is 19.8. The van der Waals surface area contributed by atoms with E-state index in [0.717, 1.165) is 4.90 Å². The first-order valence-corrected chi connectivity index (χ1v) is 5.40. The topological polar surface area (TPSA) is 60.9 Å². The van der Waals surface area contributed by atoms with E-state index in [1.165, 1.54) is 11.9 Å². The minimum absolute atomic E-state index is 0.0162. The summed E-state index contributed by atoms with van der Waals surface area (Å²) in [5, 5.41) is 8.61. The van der Waals surface area contributed by atoms with Crippen LogP contribution in [0, 0.1) is 5.92 Å². The molecule has 0 aromatic rings. The maximum atomic E-state index is 12.1. The average Bonchev–Trinajstić information content (AvgIpc) is 2.62. The number of halogens is 2. The smallest absolute Gasteiger partial charge is 0.319 e. The molecule has 17 heavy (non-hydrogen) atoms. The van der Waals surface area contributed by atoms with Gasteiger partial charge < -0.3 is 14.9 Å². The number of hydrogen-bond acceptors (Lipinski definition) is 2. The molecule has 98 valence electrons. The predicted octanol–water partition coefficient (Wildman–Crippen LogP) is 1.10. The van der Waals surface area contributed by atoms with Crippen LogP contribution in [0.15, 0.2) is 0 Å². The van der Waals surface area contributed by atoms with Crippen molar-refractivity contribution < 1.29 is 23.5 Å². The fraction of sp³-hybridized carbons (Fsp3) is 0.800. The highest BCUT2D eigenvalue weighted by molar-refractivity contribution is 5.74. The number of aliphatic carboxylic acids is 1. The molecule has 0 bridgehead atoms. The number of urea groups is 1. The maximum Gasteiger partial charge on any atom is 0.319 e. The summed E-state index contributed by atoms with van der Waals surface area (Å²) in [6.07, 6.45) is -1.93. The second kappa shape index (κ2) is 5.79. The number of carboxylic acids is 1. The molecule has 0 radical (unpaired) electrons. The van der Waals surface area contributed by atoms with Crippen molar-refractivity contribution in [3.63, 3.8) is 0 Å². The molecule has 1 unspecified atom stereocenters. The van der Waals surface area contributed by atoms with Crippen LogP contribution >= 0.6 is 0 Å². The van der Waals surface area contributed by atoms with Gasteiger partial charge in [0.05, 0.1) is 6.54 Å². The van der Waals surface area contributed by atoms with Gasteiger partial charge in [0.25, 0.3) is 6.43 Å². The standard InChI is InChI=1S/C10H16F2N2O3/c1-13(6-8(11)12)10(17)14-3-2-7(5-14)4-9(15)16/h7-8H,2-6H2,1H3,(H,15,16). The first-order valence-electron chi connectivity index (χ1n) is 5.40. The van der Waals surface area contributed by atoms with Gasteiger partial charge in [0.2, 0.25) is 0 Å². The molecule has 1 atom stereocenters. The van der Waals surface area contributed by atoms with Gasteiger partial charge in [0, 0.05) is 26.6 Å². The first kappa shape index (κ1) is 13.7. The summed E-state index contributed by atoms with van der Waals surface area (Å²) in [4.78, 5) is 24.6. The molecule has 0 aliphatic carbocycles. The molecule has 1 saturated heterocycles. The van der Waals surface area contributed by atoms with E-state index in [4.69, 9.17) is 5.11 Å². The molecule has 0 saturated carbocycles. The van der Waals surface area contributed by atoms with E-state index in [0.29, 0.717) is 19.5 Å². The summed E-state index contributed by atoms with van der Waals surface area (Å²) in [5.74, 6) is -0.971. The zero-order chi connectivity index (χ0) is 13.0. The fourth-order valence-electron chi connectivity index (χ4n) is 1.95. The highest BCUT2D eigenvalue weighted by Crippen LogP contribution is 2.20. The molecule has 1 N–H and O–H groups in total. The quantitative estimate of drug-likeness (QED) is 0.812. The first-order chi connectivity index (χ1) is 7.90. The Bertz CT molecular complexity index is 299. The summed E-state index contributed by atoms with van der Waals surface area (Å²) in [6.45, 7) is 0.169. The van der Waals surface area contributed by atoms with Crippen molar-refractivity contribution in [2.75, 3.05) is 26.7 Å². The van der Waals surface area contributed by atoms with Crippen LogP contribution in [-0.4, -0.2) is 60.0 Å². The third-order valence-electron chi connectivity index (χ3n) is 2.76. The Hall–Kier alpha value is -1.40. The average molecular weight is 250 g/mol. The highest BCUT2D eigenvalue weighted by atomic mass is 19.3. The zero-order valence-corrected chi connectivity index (χ0v) is 9.60. The molecule has 2 amide bonds. The molecule has 0 spiro atoms. The van der Waals surface area contributed by atoms with Crippen molar-refractivity contribution in [2.45, 2.75) is 19.3 Å². The number of rotatable bonds is 4. The molecule has 1 fully saturated rings. The van der Waals surface area contributed by atoms with Crippen LogP contribution in [0.3, 0.4) is 0 Å². The van der Waals surface area contributed by atoms with Crippen molar-refractivity contribution in [2.24, 2.45) is 5.92 Å². The summed E-state index contributed by atoms with van der Waals surface area (Å²) < 4.78 is 24.2. The van der Waals surface area contributed by atoms with Crippen molar-refractivity contribution in [1.29, 1.82) is 0 Å². The van der Waals surface area contributed by atoms with Crippen LogP contribution in [0.4, 0.5) is 13.6 Å². The van der Waals surface area contributed by atoms with E-state index < -0.39 is 25.0 Å². The molecular formula is C10H16F2N2O3. The van der Waals surface area contributed by atoms with Crippen LogP contribution in [0.5, 0.6) is 0 Å². The SMILES string of the molecule is CN(CC(F)F)C(=O)N1CCC(CC(=O)O)C1. The molecular weight excluding hydrogens is 234 g/mol. The molecule has 1 rings (SSSR count). The van der Waals surface area contributed by atoms with Crippen molar-refractivity contribution >= 4 is 12.0 Å². The number of hydrogen-bond donors (Lipinski definition) is 1. The van der Waals surface area contributed by atoms with Gasteiger partial charge in [-0.25, -0.2) is 13.6 Å². The number of nitrogens with zero attached hydrogens (tertiary/aromatic N) is 2. The number of carbonyl (C=O) groups excluding carboxylic acids is 1. The monoisotopic (exact) mass is 250 g/mol. The van der Waals surface area contributed by atoms with Gasteiger partial charge in [0.15, 0.2) is 0 Å². The van der Waals surface area contributed by atoms with Crippen LogP contribution < -0.4 is 0 Å². The second-order valence-corrected chi connectivity index (χ2v) is 4.25. The zero-order valence-electron chi connectivity index (χ0n) is 9.60. The Morgan fingerprint density at radius 2 is 2.18 bits per heavy atom. The van der Waals surface area contributed by atoms with Crippen molar-refractivity contribution in [1.82, 2.24) is 9.80 Å². The van der Waals surface area contributed by atoms with E-state index in [1.807, 2.05) is 0 Å². The molecule has 0 aromatic heterocycles. The van der Waals surface area contributed by atoms with Gasteiger partial charge in [-0.3, -0.25) is 4.79 Å². The lowest BCUT2D eigenvalue weighted by molar-refractivity contribution is -0.138. The summed E-state index contributed by atoms with van der Waals surface area (Å²) in [6, 6.07) is -0.460. The minimum Gasteiger partial charge on any atom is -0.481 e. The van der Waals surface area contributed by atoms with E-state index in [9.17, 15) is 18.4 Å². The third-order valence-corrected chi connectivity index (χ3v) is 2.76. The fourth-order valence-corrected chi connectivity index (χ4v) is 1.95. The highest BCUT2D eigenvalue weighted by Gasteiger charge is 2.29. The molecule has 0 aromatic carbocycles. The number of carbonyl (C=O) groups is 2. The van der Waals surface area contributed by atoms with Crippen LogP contribution in [0.2, 0.25) is 0 Å². The Balaban J connectivity index is 2.42. The Morgan fingerprint density at radius 1 is 1.53 bits per heavy atom. The van der Waals surface area contributed by atoms with E-state index >= 15 is 0 Å². The Labute approximate surface area is 98.0 Å². The molecule has 1 heterocycles. The van der Waals surface area contributed by atoms with Gasteiger partial charge in [-0.1, -0.05) is 0 Å². The van der Waals surface area contributed by atoms with Gasteiger partial charge >= 0.3 is 12.0 Å². The van der Waals surface area contributed by atoms with Gasteiger partial charge in [-0.2, -0.15) is 0 Å². The number of likely N-dealkylation sites (tertiary alicyclic amines) is 1. The lowest BCUT2D eigenvalue weighted by Gasteiger charge is -2.24. The molecule has 1 aliphatic rings. The van der Waals surface area contributed by atoms with Crippen LogP contribution in [0.1, 0.15) is 12.8 Å². The lowest BCUT2D eigenvalue weighted by Crippen LogP contribution is -2.41. The number of amides is 2. The molecule has 5 nitrogen and oxygen atoms in total. The Morgan fingerprint density at radius 3 is 2.71 bits per heavy atom. The van der Waals surface area contributed by atoms with E-state index in [2.05, 4.69) is 0 Å². The number of carboxylic acid groups (broad SMARTS) is 1. The van der Waals surface area contributed by atoms with Gasteiger partial charge in [-0.15, -0.1) is 0 Å². The Kier molecular flexibility index (Phi) is 4.65. The van der Waals surface area contributed by atoms with Gasteiger partial charge in [0.1, 0.15) is 0 Å². The lowest BCUT2D eigenvalue weighted by atomic mass is 10.1. The van der Waals surface area contributed by atoms with E-state index in [-0.39, 0.29) is 12.3 Å². The molecule has 1 aliphatic heterocycles. The largest absolute Gasteiger partial charge is 0.481 e. The summed E-state index contributed by atoms with van der Waals surface area (Å²) in [5.41, 5.74) is 0. The minimum atomic E-state index is -2.55. The summed E-state index contributed by atoms with van der Waals surface area (Å²) >= 11 is 0.